The number of nitro benzene ring substituents is 1. The maximum absolute atomic E-state index is 12.3. The lowest BCUT2D eigenvalue weighted by molar-refractivity contribution is -0.384. The molecule has 0 aromatic heterocycles. The highest BCUT2D eigenvalue weighted by molar-refractivity contribution is 7.89. The highest BCUT2D eigenvalue weighted by Crippen LogP contribution is 2.20. The molecule has 1 atom stereocenters. The lowest BCUT2D eigenvalue weighted by Gasteiger charge is -2.18. The zero-order chi connectivity index (χ0) is 18.4. The van der Waals surface area contributed by atoms with Gasteiger partial charge in [0.2, 0.25) is 0 Å². The molecule has 2 N–H and O–H groups in total. The molecule has 0 heterocycles. The van der Waals surface area contributed by atoms with Gasteiger partial charge in [-0.15, -0.1) is 11.4 Å². The Labute approximate surface area is 146 Å². The van der Waals surface area contributed by atoms with Crippen molar-refractivity contribution in [1.82, 2.24) is 10.3 Å². The second-order valence-electron chi connectivity index (χ2n) is 5.49. The summed E-state index contributed by atoms with van der Waals surface area (Å²) in [4.78, 5) is 12.7. The Balaban J connectivity index is 2.14. The molecule has 0 aliphatic carbocycles. The Morgan fingerprint density at radius 1 is 1.16 bits per heavy atom. The van der Waals surface area contributed by atoms with E-state index in [4.69, 9.17) is 0 Å². The summed E-state index contributed by atoms with van der Waals surface area (Å²) in [5, 5.41) is 10.7. The molecule has 2 aromatic carbocycles. The number of nitro groups is 1. The van der Waals surface area contributed by atoms with Crippen LogP contribution >= 0.6 is 0 Å². The average Bonchev–Trinajstić information content (AvgIpc) is 2.59. The van der Waals surface area contributed by atoms with Gasteiger partial charge in [-0.2, -0.15) is 0 Å². The van der Waals surface area contributed by atoms with Crippen LogP contribution in [-0.4, -0.2) is 13.3 Å². The van der Waals surface area contributed by atoms with Crippen molar-refractivity contribution in [1.29, 1.82) is 0 Å². The predicted molar refractivity (Wildman–Crippen MR) is 95.3 cm³/mol. The molecule has 0 fully saturated rings. The van der Waals surface area contributed by atoms with E-state index in [0.717, 1.165) is 5.56 Å². The molecule has 7 nitrogen and oxygen atoms in total. The van der Waals surface area contributed by atoms with Crippen LogP contribution < -0.4 is 10.3 Å². The standard InChI is InChI=1S/C17H19N3O4S/c1-3-4-17(14-7-9-15(10-8-14)20(21)22)18-19-25(23,24)16-11-5-13(2)6-12-16/h3,5-12,17-19H,1,4H2,2H3/t17-/m1/s1. The van der Waals surface area contributed by atoms with E-state index in [1.165, 1.54) is 24.3 Å². The van der Waals surface area contributed by atoms with Gasteiger partial charge in [0.15, 0.2) is 0 Å². The number of hydrogen-bond donors (Lipinski definition) is 2. The van der Waals surface area contributed by atoms with Crippen LogP contribution in [-0.2, 0) is 10.0 Å². The summed E-state index contributed by atoms with van der Waals surface area (Å²) >= 11 is 0. The number of rotatable bonds is 8. The third-order valence-electron chi connectivity index (χ3n) is 3.61. The maximum Gasteiger partial charge on any atom is 0.269 e. The first-order valence-electron chi connectivity index (χ1n) is 7.53. The van der Waals surface area contributed by atoms with Gasteiger partial charge in [-0.3, -0.25) is 10.1 Å². The topological polar surface area (TPSA) is 101 Å². The fourth-order valence-corrected chi connectivity index (χ4v) is 3.11. The smallest absolute Gasteiger partial charge is 0.258 e. The molecule has 0 saturated heterocycles. The molecule has 0 bridgehead atoms. The first-order valence-corrected chi connectivity index (χ1v) is 9.01. The highest BCUT2D eigenvalue weighted by atomic mass is 32.2. The van der Waals surface area contributed by atoms with Gasteiger partial charge in [-0.05, 0) is 31.0 Å². The molecule has 25 heavy (non-hydrogen) atoms. The molecule has 0 aliphatic rings. The first kappa shape index (κ1) is 18.8. The Bertz CT molecular complexity index is 846. The van der Waals surface area contributed by atoms with Gasteiger partial charge in [0.1, 0.15) is 0 Å². The van der Waals surface area contributed by atoms with E-state index in [-0.39, 0.29) is 10.6 Å². The summed E-state index contributed by atoms with van der Waals surface area (Å²) < 4.78 is 24.7. The van der Waals surface area contributed by atoms with Crippen LogP contribution in [0.4, 0.5) is 5.69 Å². The van der Waals surface area contributed by atoms with Crippen LogP contribution in [0.25, 0.3) is 0 Å². The van der Waals surface area contributed by atoms with Crippen LogP contribution in [0.2, 0.25) is 0 Å². The minimum atomic E-state index is -3.72. The quantitative estimate of drug-likeness (QED) is 0.427. The summed E-state index contributed by atoms with van der Waals surface area (Å²) in [6.45, 7) is 5.53. The van der Waals surface area contributed by atoms with E-state index in [1.54, 1.807) is 30.3 Å². The molecule has 0 aliphatic heterocycles. The summed E-state index contributed by atoms with van der Waals surface area (Å²) in [5.74, 6) is 0. The Hall–Kier alpha value is -2.55. The first-order chi connectivity index (χ1) is 11.8. The van der Waals surface area contributed by atoms with Gasteiger partial charge < -0.3 is 0 Å². The van der Waals surface area contributed by atoms with Gasteiger partial charge in [-0.1, -0.05) is 35.9 Å². The fraction of sp³-hybridized carbons (Fsp3) is 0.176. The van der Waals surface area contributed by atoms with Crippen LogP contribution in [0.1, 0.15) is 23.6 Å². The fourth-order valence-electron chi connectivity index (χ4n) is 2.20. The number of benzene rings is 2. The molecule has 0 unspecified atom stereocenters. The zero-order valence-corrected chi connectivity index (χ0v) is 14.5. The third-order valence-corrected chi connectivity index (χ3v) is 4.89. The summed E-state index contributed by atoms with van der Waals surface area (Å²) in [7, 11) is -3.72. The van der Waals surface area contributed by atoms with E-state index in [2.05, 4.69) is 16.8 Å². The molecule has 0 amide bonds. The molecule has 0 saturated carbocycles. The van der Waals surface area contributed by atoms with Crippen molar-refractivity contribution < 1.29 is 13.3 Å². The third kappa shape index (κ3) is 4.96. The van der Waals surface area contributed by atoms with E-state index in [1.807, 2.05) is 6.92 Å². The molecule has 8 heteroatoms. The van der Waals surface area contributed by atoms with E-state index >= 15 is 0 Å². The predicted octanol–water partition coefficient (Wildman–Crippen LogP) is 3.00. The summed E-state index contributed by atoms with van der Waals surface area (Å²) in [6, 6.07) is 12.0. The molecular formula is C17H19N3O4S. The van der Waals surface area contributed by atoms with Gasteiger partial charge in [0.25, 0.3) is 15.7 Å². The zero-order valence-electron chi connectivity index (χ0n) is 13.7. The average molecular weight is 361 g/mol. The lowest BCUT2D eigenvalue weighted by Crippen LogP contribution is -2.39. The van der Waals surface area contributed by atoms with Gasteiger partial charge in [0, 0.05) is 12.1 Å². The van der Waals surface area contributed by atoms with Gasteiger partial charge in [-0.25, -0.2) is 13.8 Å². The molecule has 2 aromatic rings. The normalized spacial score (nSPS) is 12.5. The van der Waals surface area contributed by atoms with Crippen molar-refractivity contribution in [3.63, 3.8) is 0 Å². The number of nitrogens with one attached hydrogen (secondary N) is 2. The Kier molecular flexibility index (Phi) is 6.02. The number of nitrogens with zero attached hydrogens (tertiary/aromatic N) is 1. The molecule has 0 radical (unpaired) electrons. The number of aryl methyl sites for hydroxylation is 1. The monoisotopic (exact) mass is 361 g/mol. The second-order valence-corrected chi connectivity index (χ2v) is 7.17. The minimum absolute atomic E-state index is 0.0265. The van der Waals surface area contributed by atoms with E-state index < -0.39 is 21.0 Å². The number of non-ortho nitro benzene ring substituents is 1. The van der Waals surface area contributed by atoms with Crippen LogP contribution in [0.5, 0.6) is 0 Å². The van der Waals surface area contributed by atoms with Crippen molar-refractivity contribution in [2.24, 2.45) is 0 Å². The molecule has 132 valence electrons. The molecule has 0 spiro atoms. The molecular weight excluding hydrogens is 342 g/mol. The lowest BCUT2D eigenvalue weighted by atomic mass is 10.0. The maximum atomic E-state index is 12.3. The van der Waals surface area contributed by atoms with E-state index in [9.17, 15) is 18.5 Å². The summed E-state index contributed by atoms with van der Waals surface area (Å²) in [5.41, 5.74) is 4.40. The van der Waals surface area contributed by atoms with Crippen LogP contribution in [0.3, 0.4) is 0 Å². The summed E-state index contributed by atoms with van der Waals surface area (Å²) in [6.07, 6.45) is 2.08. The van der Waals surface area contributed by atoms with Crippen molar-refractivity contribution in [2.75, 3.05) is 0 Å². The van der Waals surface area contributed by atoms with Crippen molar-refractivity contribution in [3.8, 4) is 0 Å². The van der Waals surface area contributed by atoms with Crippen LogP contribution in [0.15, 0.2) is 66.1 Å². The van der Waals surface area contributed by atoms with Crippen LogP contribution in [0, 0.1) is 17.0 Å². The Morgan fingerprint density at radius 2 is 1.76 bits per heavy atom. The van der Waals surface area contributed by atoms with Crippen molar-refractivity contribution >= 4 is 15.7 Å². The second kappa shape index (κ2) is 8.02. The largest absolute Gasteiger partial charge is 0.269 e. The van der Waals surface area contributed by atoms with E-state index in [0.29, 0.717) is 12.0 Å². The molecule has 2 rings (SSSR count). The Morgan fingerprint density at radius 3 is 2.28 bits per heavy atom. The van der Waals surface area contributed by atoms with Gasteiger partial charge >= 0.3 is 0 Å². The number of hydrogen-bond acceptors (Lipinski definition) is 5. The van der Waals surface area contributed by atoms with Crippen molar-refractivity contribution in [3.05, 3.63) is 82.4 Å². The highest BCUT2D eigenvalue weighted by Gasteiger charge is 2.17. The number of sulfonamides is 1. The number of hydrazine groups is 1. The minimum Gasteiger partial charge on any atom is -0.258 e. The SMILES string of the molecule is C=CC[C@@H](NNS(=O)(=O)c1ccc(C)cc1)c1ccc([N+](=O)[O-])cc1. The van der Waals surface area contributed by atoms with Crippen molar-refractivity contribution in [2.45, 2.75) is 24.3 Å². The van der Waals surface area contributed by atoms with Gasteiger partial charge in [0.05, 0.1) is 15.9 Å².